The summed E-state index contributed by atoms with van der Waals surface area (Å²) in [6.45, 7) is 1.97. The van der Waals surface area contributed by atoms with Gasteiger partial charge in [-0.25, -0.2) is 14.8 Å². The van der Waals surface area contributed by atoms with Gasteiger partial charge in [-0.15, -0.1) is 23.1 Å². The molecule has 1 N–H and O–H groups in total. The Morgan fingerprint density at radius 2 is 2.24 bits per heavy atom. The molecule has 6 heteroatoms. The summed E-state index contributed by atoms with van der Waals surface area (Å²) in [7, 11) is 0. The lowest BCUT2D eigenvalue weighted by Crippen LogP contribution is -1.96. The molecule has 0 saturated carbocycles. The summed E-state index contributed by atoms with van der Waals surface area (Å²) in [5, 5.41) is 10.6. The number of carbonyl (C=O) groups is 1. The lowest BCUT2D eigenvalue weighted by Gasteiger charge is -1.99. The summed E-state index contributed by atoms with van der Waals surface area (Å²) in [5.41, 5.74) is 0.211. The number of rotatable bonds is 4. The third-order valence-electron chi connectivity index (χ3n) is 2.01. The first-order valence-corrected chi connectivity index (χ1v) is 6.69. The van der Waals surface area contributed by atoms with Gasteiger partial charge in [-0.05, 0) is 19.1 Å². The lowest BCUT2D eigenvalue weighted by molar-refractivity contribution is 0.0696. The second kappa shape index (κ2) is 5.29. The van der Waals surface area contributed by atoms with Crippen molar-refractivity contribution in [3.63, 3.8) is 0 Å². The molecule has 0 atom stereocenters. The van der Waals surface area contributed by atoms with Crippen LogP contribution in [0.3, 0.4) is 0 Å². The van der Waals surface area contributed by atoms with E-state index in [1.165, 1.54) is 11.1 Å². The summed E-state index contributed by atoms with van der Waals surface area (Å²) < 4.78 is 0. The standard InChI is InChI=1S/C11H10N2O2S2/c1-7-12-5-9(17-7)6-16-10-3-2-8(4-13-10)11(14)15/h2-5H,6H2,1H3,(H,14,15). The van der Waals surface area contributed by atoms with Gasteiger partial charge < -0.3 is 5.11 Å². The minimum Gasteiger partial charge on any atom is -0.478 e. The minimum atomic E-state index is -0.952. The number of pyridine rings is 1. The van der Waals surface area contributed by atoms with Crippen LogP contribution in [0.1, 0.15) is 20.2 Å². The van der Waals surface area contributed by atoms with Crippen molar-refractivity contribution in [2.45, 2.75) is 17.7 Å². The van der Waals surface area contributed by atoms with E-state index < -0.39 is 5.97 Å². The number of aromatic nitrogens is 2. The first-order valence-electron chi connectivity index (χ1n) is 4.88. The van der Waals surface area contributed by atoms with E-state index in [9.17, 15) is 4.79 Å². The highest BCUT2D eigenvalue weighted by Crippen LogP contribution is 2.24. The summed E-state index contributed by atoms with van der Waals surface area (Å²) in [6, 6.07) is 3.29. The fraction of sp³-hybridized carbons (Fsp3) is 0.182. The molecular weight excluding hydrogens is 256 g/mol. The predicted octanol–water partition coefficient (Wildman–Crippen LogP) is 2.84. The predicted molar refractivity (Wildman–Crippen MR) is 67.6 cm³/mol. The summed E-state index contributed by atoms with van der Waals surface area (Å²) in [5.74, 6) is -0.141. The van der Waals surface area contributed by atoms with Crippen molar-refractivity contribution in [1.82, 2.24) is 9.97 Å². The summed E-state index contributed by atoms with van der Waals surface area (Å²) >= 11 is 3.23. The number of carboxylic acid groups (broad SMARTS) is 1. The third-order valence-corrected chi connectivity index (χ3v) is 4.10. The molecule has 0 aliphatic carbocycles. The molecule has 2 heterocycles. The van der Waals surface area contributed by atoms with Crippen LogP contribution in [-0.2, 0) is 5.75 Å². The molecule has 0 aromatic carbocycles. The highest BCUT2D eigenvalue weighted by molar-refractivity contribution is 7.98. The van der Waals surface area contributed by atoms with E-state index in [-0.39, 0.29) is 5.56 Å². The van der Waals surface area contributed by atoms with Crippen molar-refractivity contribution in [3.8, 4) is 0 Å². The molecule has 0 spiro atoms. The zero-order chi connectivity index (χ0) is 12.3. The zero-order valence-corrected chi connectivity index (χ0v) is 10.7. The first-order chi connectivity index (χ1) is 8.15. The molecule has 0 amide bonds. The van der Waals surface area contributed by atoms with Gasteiger partial charge >= 0.3 is 5.97 Å². The SMILES string of the molecule is Cc1ncc(CSc2ccc(C(=O)O)cn2)s1. The van der Waals surface area contributed by atoms with Gasteiger partial charge in [-0.1, -0.05) is 0 Å². The number of thioether (sulfide) groups is 1. The van der Waals surface area contributed by atoms with Crippen molar-refractivity contribution in [1.29, 1.82) is 0 Å². The van der Waals surface area contributed by atoms with Crippen LogP contribution in [0.15, 0.2) is 29.6 Å². The molecule has 4 nitrogen and oxygen atoms in total. The van der Waals surface area contributed by atoms with Crippen LogP contribution in [0.2, 0.25) is 0 Å². The quantitative estimate of drug-likeness (QED) is 0.862. The smallest absolute Gasteiger partial charge is 0.337 e. The van der Waals surface area contributed by atoms with Crippen LogP contribution in [0, 0.1) is 6.92 Å². The average molecular weight is 266 g/mol. The van der Waals surface area contributed by atoms with E-state index in [2.05, 4.69) is 9.97 Å². The molecule has 2 aromatic heterocycles. The van der Waals surface area contributed by atoms with Crippen molar-refractivity contribution in [2.24, 2.45) is 0 Å². The van der Waals surface area contributed by atoms with Crippen LogP contribution in [-0.4, -0.2) is 21.0 Å². The van der Waals surface area contributed by atoms with E-state index in [1.807, 2.05) is 13.1 Å². The maximum Gasteiger partial charge on any atom is 0.337 e. The molecule has 0 bridgehead atoms. The monoisotopic (exact) mass is 266 g/mol. The Morgan fingerprint density at radius 1 is 1.41 bits per heavy atom. The lowest BCUT2D eigenvalue weighted by atomic mass is 10.3. The Morgan fingerprint density at radius 3 is 2.76 bits per heavy atom. The topological polar surface area (TPSA) is 63.1 Å². The normalized spacial score (nSPS) is 10.4. The molecular formula is C11H10N2O2S2. The third kappa shape index (κ3) is 3.28. The number of aromatic carboxylic acids is 1. The van der Waals surface area contributed by atoms with Crippen molar-refractivity contribution in [3.05, 3.63) is 40.0 Å². The van der Waals surface area contributed by atoms with Gasteiger partial charge in [0, 0.05) is 23.0 Å². The van der Waals surface area contributed by atoms with E-state index >= 15 is 0 Å². The van der Waals surface area contributed by atoms with Gasteiger partial charge in [0.2, 0.25) is 0 Å². The van der Waals surface area contributed by atoms with Gasteiger partial charge in [0.15, 0.2) is 0 Å². The Hall–Kier alpha value is -1.40. The minimum absolute atomic E-state index is 0.211. The van der Waals surface area contributed by atoms with Crippen molar-refractivity contribution >= 4 is 29.1 Å². The average Bonchev–Trinajstić information content (AvgIpc) is 2.73. The Kier molecular flexibility index (Phi) is 3.75. The molecule has 0 fully saturated rings. The summed E-state index contributed by atoms with van der Waals surface area (Å²) in [6.07, 6.45) is 3.24. The first kappa shape index (κ1) is 12.1. The second-order valence-electron chi connectivity index (χ2n) is 3.32. The van der Waals surface area contributed by atoms with Gasteiger partial charge in [-0.3, -0.25) is 0 Å². The maximum absolute atomic E-state index is 10.6. The van der Waals surface area contributed by atoms with E-state index in [1.54, 1.807) is 35.2 Å². The largest absolute Gasteiger partial charge is 0.478 e. The van der Waals surface area contributed by atoms with Gasteiger partial charge in [0.05, 0.1) is 15.6 Å². The second-order valence-corrected chi connectivity index (χ2v) is 5.64. The zero-order valence-electron chi connectivity index (χ0n) is 9.08. The fourth-order valence-electron chi connectivity index (χ4n) is 1.21. The van der Waals surface area contributed by atoms with Gasteiger partial charge in [-0.2, -0.15) is 0 Å². The highest BCUT2D eigenvalue weighted by Gasteiger charge is 2.04. The van der Waals surface area contributed by atoms with Crippen molar-refractivity contribution in [2.75, 3.05) is 0 Å². The Bertz CT molecular complexity index is 523. The molecule has 0 aliphatic rings. The Balaban J connectivity index is 1.97. The number of carboxylic acids is 1. The molecule has 2 rings (SSSR count). The molecule has 0 aliphatic heterocycles. The van der Waals surface area contributed by atoms with Crippen LogP contribution in [0.25, 0.3) is 0 Å². The number of thiazole rings is 1. The number of hydrogen-bond donors (Lipinski definition) is 1. The van der Waals surface area contributed by atoms with Gasteiger partial charge in [0.25, 0.3) is 0 Å². The number of nitrogens with zero attached hydrogens (tertiary/aromatic N) is 2. The molecule has 0 radical (unpaired) electrons. The molecule has 0 unspecified atom stereocenters. The van der Waals surface area contributed by atoms with Crippen LogP contribution in [0.4, 0.5) is 0 Å². The summed E-state index contributed by atoms with van der Waals surface area (Å²) in [4.78, 5) is 20.1. The van der Waals surface area contributed by atoms with E-state index in [0.717, 1.165) is 15.8 Å². The van der Waals surface area contributed by atoms with Gasteiger partial charge in [0.1, 0.15) is 0 Å². The number of aryl methyl sites for hydroxylation is 1. The van der Waals surface area contributed by atoms with Crippen molar-refractivity contribution < 1.29 is 9.90 Å². The molecule has 88 valence electrons. The van der Waals surface area contributed by atoms with Crippen LogP contribution >= 0.6 is 23.1 Å². The number of hydrogen-bond acceptors (Lipinski definition) is 5. The fourth-order valence-corrected chi connectivity index (χ4v) is 2.87. The highest BCUT2D eigenvalue weighted by atomic mass is 32.2. The maximum atomic E-state index is 10.6. The van der Waals surface area contributed by atoms with Crippen LogP contribution in [0.5, 0.6) is 0 Å². The van der Waals surface area contributed by atoms with E-state index in [4.69, 9.17) is 5.11 Å². The Labute approximate surface area is 107 Å². The van der Waals surface area contributed by atoms with Crippen LogP contribution < -0.4 is 0 Å². The molecule has 2 aromatic rings. The molecule has 0 saturated heterocycles. The van der Waals surface area contributed by atoms with E-state index in [0.29, 0.717) is 0 Å². The molecule has 17 heavy (non-hydrogen) atoms.